The van der Waals surface area contributed by atoms with Crippen molar-refractivity contribution in [1.82, 2.24) is 5.32 Å². The molecule has 0 unspecified atom stereocenters. The highest BCUT2D eigenvalue weighted by Crippen LogP contribution is 2.30. The Bertz CT molecular complexity index is 294. The lowest BCUT2D eigenvalue weighted by Gasteiger charge is -2.32. The van der Waals surface area contributed by atoms with Crippen molar-refractivity contribution in [3.05, 3.63) is 12.7 Å². The number of carboxylic acid groups (broad SMARTS) is 1. The van der Waals surface area contributed by atoms with Crippen LogP contribution in [0.25, 0.3) is 0 Å². The maximum absolute atomic E-state index is 11.6. The van der Waals surface area contributed by atoms with Crippen molar-refractivity contribution in [2.75, 3.05) is 6.54 Å². The molecule has 0 aromatic heterocycles. The Labute approximate surface area is 94.7 Å². The van der Waals surface area contributed by atoms with E-state index in [1.54, 1.807) is 6.08 Å². The van der Waals surface area contributed by atoms with Crippen LogP contribution in [-0.4, -0.2) is 29.1 Å². The van der Waals surface area contributed by atoms with Crippen molar-refractivity contribution in [3.63, 3.8) is 0 Å². The molecule has 0 bridgehead atoms. The lowest BCUT2D eigenvalue weighted by Crippen LogP contribution is -2.51. The highest BCUT2D eigenvalue weighted by molar-refractivity contribution is 5.81. The average Bonchev–Trinajstić information content (AvgIpc) is 2.26. The molecule has 0 aliphatic heterocycles. The molecule has 16 heavy (non-hydrogen) atoms. The van der Waals surface area contributed by atoms with E-state index in [0.29, 0.717) is 32.2 Å². The smallest absolute Gasteiger partial charge is 0.323 e. The Kier molecular flexibility index (Phi) is 4.06. The summed E-state index contributed by atoms with van der Waals surface area (Å²) in [5.41, 5.74) is 4.57. The van der Waals surface area contributed by atoms with Gasteiger partial charge in [0.15, 0.2) is 0 Å². The topological polar surface area (TPSA) is 92.4 Å². The summed E-state index contributed by atoms with van der Waals surface area (Å²) in [6.07, 6.45) is 3.39. The van der Waals surface area contributed by atoms with Gasteiger partial charge in [-0.05, 0) is 25.7 Å². The molecule has 1 aliphatic rings. The molecule has 0 heterocycles. The average molecular weight is 226 g/mol. The number of nitrogens with two attached hydrogens (primary N) is 1. The first kappa shape index (κ1) is 12.7. The van der Waals surface area contributed by atoms with Crippen LogP contribution in [0.5, 0.6) is 0 Å². The standard InChI is InChI=1S/C11H18N2O3/c1-2-7-13-9(14)8-3-5-11(12,6-4-8)10(15)16/h2,8H,1,3-7,12H2,(H,13,14)(H,15,16). The Hall–Kier alpha value is -1.36. The second-order valence-electron chi connectivity index (χ2n) is 4.27. The van der Waals surface area contributed by atoms with Gasteiger partial charge in [0.05, 0.1) is 0 Å². The molecule has 0 aromatic rings. The van der Waals surface area contributed by atoms with E-state index in [0.717, 1.165) is 0 Å². The molecule has 4 N–H and O–H groups in total. The predicted octanol–water partition coefficient (Wildman–Crippen LogP) is 0.261. The summed E-state index contributed by atoms with van der Waals surface area (Å²) in [7, 11) is 0. The maximum atomic E-state index is 11.6. The van der Waals surface area contributed by atoms with Crippen LogP contribution < -0.4 is 11.1 Å². The zero-order valence-corrected chi connectivity index (χ0v) is 9.24. The monoisotopic (exact) mass is 226 g/mol. The van der Waals surface area contributed by atoms with Gasteiger partial charge in [-0.15, -0.1) is 6.58 Å². The largest absolute Gasteiger partial charge is 0.480 e. The minimum Gasteiger partial charge on any atom is -0.480 e. The van der Waals surface area contributed by atoms with Gasteiger partial charge in [-0.3, -0.25) is 9.59 Å². The first-order chi connectivity index (χ1) is 7.49. The molecule has 0 atom stereocenters. The number of carbonyl (C=O) groups is 2. The number of rotatable bonds is 4. The van der Waals surface area contributed by atoms with E-state index in [1.807, 2.05) is 0 Å². The van der Waals surface area contributed by atoms with Crippen LogP contribution in [0.15, 0.2) is 12.7 Å². The van der Waals surface area contributed by atoms with Crippen LogP contribution in [0, 0.1) is 5.92 Å². The van der Waals surface area contributed by atoms with Crippen LogP contribution in [0.2, 0.25) is 0 Å². The van der Waals surface area contributed by atoms with Crippen molar-refractivity contribution in [2.45, 2.75) is 31.2 Å². The van der Waals surface area contributed by atoms with Crippen molar-refractivity contribution in [1.29, 1.82) is 0 Å². The number of amides is 1. The molecule has 1 amide bonds. The summed E-state index contributed by atoms with van der Waals surface area (Å²) in [5.74, 6) is -1.12. The fourth-order valence-electron chi connectivity index (χ4n) is 1.93. The fourth-order valence-corrected chi connectivity index (χ4v) is 1.93. The number of aliphatic carboxylic acids is 1. The van der Waals surface area contributed by atoms with Gasteiger partial charge in [0.25, 0.3) is 0 Å². The summed E-state index contributed by atoms with van der Waals surface area (Å²) < 4.78 is 0. The lowest BCUT2D eigenvalue weighted by molar-refractivity contribution is -0.146. The van der Waals surface area contributed by atoms with Crippen LogP contribution in [0.3, 0.4) is 0 Å². The third kappa shape index (κ3) is 2.82. The van der Waals surface area contributed by atoms with Gasteiger partial charge < -0.3 is 16.2 Å². The Morgan fingerprint density at radius 1 is 1.50 bits per heavy atom. The summed E-state index contributed by atoms with van der Waals surface area (Å²) in [6, 6.07) is 0. The second-order valence-corrected chi connectivity index (χ2v) is 4.27. The Morgan fingerprint density at radius 2 is 2.06 bits per heavy atom. The molecular formula is C11H18N2O3. The molecule has 1 fully saturated rings. The van der Waals surface area contributed by atoms with E-state index in [9.17, 15) is 9.59 Å². The number of carboxylic acids is 1. The Morgan fingerprint density at radius 3 is 2.50 bits per heavy atom. The molecule has 5 nitrogen and oxygen atoms in total. The van der Waals surface area contributed by atoms with Gasteiger partial charge in [-0.1, -0.05) is 6.08 Å². The van der Waals surface area contributed by atoms with Crippen molar-refractivity contribution in [2.24, 2.45) is 11.7 Å². The highest BCUT2D eigenvalue weighted by Gasteiger charge is 2.39. The van der Waals surface area contributed by atoms with E-state index in [2.05, 4.69) is 11.9 Å². The van der Waals surface area contributed by atoms with Crippen molar-refractivity contribution < 1.29 is 14.7 Å². The first-order valence-corrected chi connectivity index (χ1v) is 5.40. The normalized spacial score (nSPS) is 29.4. The maximum Gasteiger partial charge on any atom is 0.323 e. The zero-order chi connectivity index (χ0) is 12.2. The molecular weight excluding hydrogens is 208 g/mol. The molecule has 0 radical (unpaired) electrons. The molecule has 1 saturated carbocycles. The minimum absolute atomic E-state index is 0.0349. The van der Waals surface area contributed by atoms with Gasteiger partial charge >= 0.3 is 5.97 Å². The van der Waals surface area contributed by atoms with Crippen LogP contribution >= 0.6 is 0 Å². The van der Waals surface area contributed by atoms with Gasteiger partial charge in [0.1, 0.15) is 5.54 Å². The SMILES string of the molecule is C=CCNC(=O)C1CCC(N)(C(=O)O)CC1. The quantitative estimate of drug-likeness (QED) is 0.599. The van der Waals surface area contributed by atoms with Gasteiger partial charge in [-0.2, -0.15) is 0 Å². The van der Waals surface area contributed by atoms with Gasteiger partial charge in [-0.25, -0.2) is 0 Å². The number of hydrogen-bond donors (Lipinski definition) is 3. The van der Waals surface area contributed by atoms with Crippen LogP contribution in [0.4, 0.5) is 0 Å². The molecule has 1 rings (SSSR count). The number of hydrogen-bond acceptors (Lipinski definition) is 3. The first-order valence-electron chi connectivity index (χ1n) is 5.40. The Balaban J connectivity index is 2.45. The highest BCUT2D eigenvalue weighted by atomic mass is 16.4. The molecule has 90 valence electrons. The van der Waals surface area contributed by atoms with Crippen molar-refractivity contribution in [3.8, 4) is 0 Å². The van der Waals surface area contributed by atoms with Gasteiger partial charge in [0, 0.05) is 12.5 Å². The second kappa shape index (κ2) is 5.12. The number of carbonyl (C=O) groups excluding carboxylic acids is 1. The minimum atomic E-state index is -1.14. The third-order valence-corrected chi connectivity index (χ3v) is 3.10. The summed E-state index contributed by atoms with van der Waals surface area (Å²) >= 11 is 0. The van der Waals surface area contributed by atoms with Gasteiger partial charge in [0.2, 0.25) is 5.91 Å². The fraction of sp³-hybridized carbons (Fsp3) is 0.636. The third-order valence-electron chi connectivity index (χ3n) is 3.10. The molecule has 0 saturated heterocycles. The molecule has 0 spiro atoms. The van der Waals surface area contributed by atoms with Crippen LogP contribution in [0.1, 0.15) is 25.7 Å². The molecule has 1 aliphatic carbocycles. The lowest BCUT2D eigenvalue weighted by atomic mass is 9.77. The summed E-state index contributed by atoms with van der Waals surface area (Å²) in [6.45, 7) is 3.96. The number of nitrogens with one attached hydrogen (secondary N) is 1. The summed E-state index contributed by atoms with van der Waals surface area (Å²) in [4.78, 5) is 22.5. The van der Waals surface area contributed by atoms with E-state index >= 15 is 0 Å². The van der Waals surface area contributed by atoms with Crippen LogP contribution in [-0.2, 0) is 9.59 Å². The van der Waals surface area contributed by atoms with Crippen molar-refractivity contribution >= 4 is 11.9 Å². The molecule has 5 heteroatoms. The van der Waals surface area contributed by atoms with E-state index < -0.39 is 11.5 Å². The molecule has 0 aromatic carbocycles. The predicted molar refractivity (Wildman–Crippen MR) is 59.7 cm³/mol. The van der Waals surface area contributed by atoms with E-state index in [4.69, 9.17) is 10.8 Å². The van der Waals surface area contributed by atoms with E-state index in [-0.39, 0.29) is 11.8 Å². The zero-order valence-electron chi connectivity index (χ0n) is 9.24. The summed E-state index contributed by atoms with van der Waals surface area (Å²) in [5, 5.41) is 11.6. The van der Waals surface area contributed by atoms with E-state index in [1.165, 1.54) is 0 Å².